The van der Waals surface area contributed by atoms with Gasteiger partial charge in [-0.25, -0.2) is 0 Å². The first-order valence-electron chi connectivity index (χ1n) is 5.65. The molecule has 3 heteroatoms. The van der Waals surface area contributed by atoms with Gasteiger partial charge in [-0.1, -0.05) is 36.4 Å². The predicted molar refractivity (Wildman–Crippen MR) is 70.8 cm³/mol. The summed E-state index contributed by atoms with van der Waals surface area (Å²) in [6, 6.07) is 15.3. The first-order chi connectivity index (χ1) is 8.81. The molecule has 0 aliphatic rings. The van der Waals surface area contributed by atoms with Gasteiger partial charge in [-0.3, -0.25) is 0 Å². The molecule has 0 bridgehead atoms. The van der Waals surface area contributed by atoms with Crippen LogP contribution >= 0.6 is 0 Å². The third kappa shape index (κ3) is 1.57. The van der Waals surface area contributed by atoms with E-state index in [0.717, 1.165) is 16.2 Å². The maximum absolute atomic E-state index is 10.4. The van der Waals surface area contributed by atoms with Crippen LogP contribution in [0.2, 0.25) is 0 Å². The molecule has 0 aliphatic carbocycles. The minimum absolute atomic E-state index is 0.218. The van der Waals surface area contributed by atoms with Gasteiger partial charge >= 0.3 is 0 Å². The Hall–Kier alpha value is -2.26. The molecule has 0 fully saturated rings. The minimum Gasteiger partial charge on any atom is -0.507 e. The number of hydrogen-bond donors (Lipinski definition) is 1. The van der Waals surface area contributed by atoms with Gasteiger partial charge in [0.15, 0.2) is 5.75 Å². The van der Waals surface area contributed by atoms with Crippen LogP contribution in [0.3, 0.4) is 0 Å². The Morgan fingerprint density at radius 1 is 0.944 bits per heavy atom. The summed E-state index contributed by atoms with van der Waals surface area (Å²) in [6.45, 7) is 0. The molecule has 0 saturated carbocycles. The molecule has 1 N–H and O–H groups in total. The monoisotopic (exact) mass is 240 g/mol. The number of rotatable bonds is 2. The van der Waals surface area contributed by atoms with Crippen molar-refractivity contribution in [2.75, 3.05) is 7.11 Å². The lowest BCUT2D eigenvalue weighted by Crippen LogP contribution is -1.91. The fraction of sp³-hybridized carbons (Fsp3) is 0.0667. The minimum atomic E-state index is 0.218. The van der Waals surface area contributed by atoms with E-state index in [0.29, 0.717) is 11.1 Å². The van der Waals surface area contributed by atoms with Crippen molar-refractivity contribution in [2.45, 2.75) is 0 Å². The maximum Gasteiger partial charge on any atom is 0.176 e. The van der Waals surface area contributed by atoms with Gasteiger partial charge in [0.1, 0.15) is 5.75 Å². The molecule has 0 amide bonds. The van der Waals surface area contributed by atoms with Crippen LogP contribution in [0.4, 0.5) is 0 Å². The lowest BCUT2D eigenvalue weighted by Gasteiger charge is -2.09. The molecule has 0 spiro atoms. The summed E-state index contributed by atoms with van der Waals surface area (Å²) in [5.74, 6) is 0.731. The van der Waals surface area contributed by atoms with E-state index in [1.54, 1.807) is 6.07 Å². The van der Waals surface area contributed by atoms with Gasteiger partial charge in [0.25, 0.3) is 0 Å². The van der Waals surface area contributed by atoms with Crippen molar-refractivity contribution in [3.05, 3.63) is 48.5 Å². The van der Waals surface area contributed by atoms with Crippen LogP contribution < -0.4 is 4.89 Å². The van der Waals surface area contributed by atoms with Crippen molar-refractivity contribution in [3.63, 3.8) is 0 Å². The summed E-state index contributed by atoms with van der Waals surface area (Å²) >= 11 is 0. The molecule has 3 rings (SSSR count). The zero-order chi connectivity index (χ0) is 12.5. The van der Waals surface area contributed by atoms with Gasteiger partial charge in [-0.05, 0) is 22.9 Å². The van der Waals surface area contributed by atoms with E-state index >= 15 is 0 Å². The molecule has 0 atom stereocenters. The number of hydrogen-bond acceptors (Lipinski definition) is 3. The highest BCUT2D eigenvalue weighted by atomic mass is 17.2. The molecular formula is C15H12O3. The Morgan fingerprint density at radius 3 is 2.56 bits per heavy atom. The lowest BCUT2D eigenvalue weighted by atomic mass is 10.0. The molecule has 0 unspecified atom stereocenters. The fourth-order valence-corrected chi connectivity index (χ4v) is 2.22. The highest BCUT2D eigenvalue weighted by molar-refractivity contribution is 6.07. The van der Waals surface area contributed by atoms with Gasteiger partial charge in [-0.15, -0.1) is 0 Å². The second kappa shape index (κ2) is 4.20. The quantitative estimate of drug-likeness (QED) is 0.422. The van der Waals surface area contributed by atoms with Crippen LogP contribution in [0, 0.1) is 0 Å². The van der Waals surface area contributed by atoms with E-state index < -0.39 is 0 Å². The molecule has 3 aromatic carbocycles. The number of phenolic OH excluding ortho intramolecular Hbond substituents is 1. The standard InChI is InChI=1S/C15H12O3/c1-17-18-13-8-4-6-11-9-10-5-2-3-7-12(10)15(16)14(11)13/h2-9,16H,1H3. The molecule has 0 aliphatic heterocycles. The molecule has 3 nitrogen and oxygen atoms in total. The van der Waals surface area contributed by atoms with E-state index in [9.17, 15) is 5.11 Å². The highest BCUT2D eigenvalue weighted by Gasteiger charge is 2.11. The van der Waals surface area contributed by atoms with Crippen molar-refractivity contribution in [1.29, 1.82) is 0 Å². The smallest absolute Gasteiger partial charge is 0.176 e. The van der Waals surface area contributed by atoms with Crippen molar-refractivity contribution in [3.8, 4) is 11.5 Å². The lowest BCUT2D eigenvalue weighted by molar-refractivity contribution is -0.176. The van der Waals surface area contributed by atoms with E-state index in [-0.39, 0.29) is 5.75 Å². The molecule has 0 saturated heterocycles. The summed E-state index contributed by atoms with van der Waals surface area (Å²) in [4.78, 5) is 9.78. The average Bonchev–Trinajstić information content (AvgIpc) is 2.39. The Balaban J connectivity index is 2.45. The molecule has 0 heterocycles. The van der Waals surface area contributed by atoms with Crippen LogP contribution in [0.5, 0.6) is 11.5 Å². The van der Waals surface area contributed by atoms with Crippen molar-refractivity contribution in [1.82, 2.24) is 0 Å². The average molecular weight is 240 g/mol. The molecule has 0 radical (unpaired) electrons. The van der Waals surface area contributed by atoms with Crippen LogP contribution in [0.15, 0.2) is 48.5 Å². The molecule has 18 heavy (non-hydrogen) atoms. The van der Waals surface area contributed by atoms with Crippen LogP contribution in [-0.4, -0.2) is 12.2 Å². The Bertz CT molecular complexity index is 719. The zero-order valence-corrected chi connectivity index (χ0v) is 9.88. The van der Waals surface area contributed by atoms with Gasteiger partial charge in [0, 0.05) is 5.39 Å². The first-order valence-corrected chi connectivity index (χ1v) is 5.65. The number of fused-ring (bicyclic) bond motifs is 2. The summed E-state index contributed by atoms with van der Waals surface area (Å²) in [5, 5.41) is 13.8. The zero-order valence-electron chi connectivity index (χ0n) is 9.88. The van der Waals surface area contributed by atoms with Crippen LogP contribution in [0.1, 0.15) is 0 Å². The van der Waals surface area contributed by atoms with Gasteiger partial charge < -0.3 is 9.99 Å². The Morgan fingerprint density at radius 2 is 1.72 bits per heavy atom. The highest BCUT2D eigenvalue weighted by Crippen LogP contribution is 2.39. The number of aromatic hydroxyl groups is 1. The van der Waals surface area contributed by atoms with Gasteiger partial charge in [0.2, 0.25) is 0 Å². The third-order valence-electron chi connectivity index (χ3n) is 3.00. The normalized spacial score (nSPS) is 10.9. The summed E-state index contributed by atoms with van der Waals surface area (Å²) in [6.07, 6.45) is 0. The van der Waals surface area contributed by atoms with Crippen LogP contribution in [-0.2, 0) is 4.89 Å². The van der Waals surface area contributed by atoms with Crippen molar-refractivity contribution in [2.24, 2.45) is 0 Å². The van der Waals surface area contributed by atoms with Gasteiger partial charge in [0.05, 0.1) is 12.5 Å². The SMILES string of the molecule is COOc1cccc2cc3ccccc3c(O)c12. The van der Waals surface area contributed by atoms with E-state index in [1.165, 1.54) is 7.11 Å². The maximum atomic E-state index is 10.4. The topological polar surface area (TPSA) is 38.7 Å². The van der Waals surface area contributed by atoms with E-state index in [2.05, 4.69) is 0 Å². The second-order valence-corrected chi connectivity index (χ2v) is 4.05. The van der Waals surface area contributed by atoms with Gasteiger partial charge in [-0.2, -0.15) is 4.89 Å². The van der Waals surface area contributed by atoms with E-state index in [4.69, 9.17) is 9.78 Å². The fourth-order valence-electron chi connectivity index (χ4n) is 2.22. The third-order valence-corrected chi connectivity index (χ3v) is 3.00. The molecule has 0 aromatic heterocycles. The summed E-state index contributed by atoms with van der Waals surface area (Å²) in [7, 11) is 1.44. The summed E-state index contributed by atoms with van der Waals surface area (Å²) < 4.78 is 0. The largest absolute Gasteiger partial charge is 0.507 e. The molecule has 90 valence electrons. The van der Waals surface area contributed by atoms with Crippen molar-refractivity contribution >= 4 is 21.5 Å². The van der Waals surface area contributed by atoms with E-state index in [1.807, 2.05) is 42.5 Å². The second-order valence-electron chi connectivity index (χ2n) is 4.05. The van der Waals surface area contributed by atoms with Crippen molar-refractivity contribution < 1.29 is 14.9 Å². The Labute approximate surface area is 104 Å². The predicted octanol–water partition coefficient (Wildman–Crippen LogP) is 3.64. The Kier molecular flexibility index (Phi) is 2.54. The number of phenols is 1. The summed E-state index contributed by atoms with van der Waals surface area (Å²) in [5.41, 5.74) is 0. The number of benzene rings is 3. The molecular weight excluding hydrogens is 228 g/mol. The molecule has 3 aromatic rings. The first kappa shape index (κ1) is 10.9. The van der Waals surface area contributed by atoms with Crippen LogP contribution in [0.25, 0.3) is 21.5 Å².